The smallest absolute Gasteiger partial charge is 0.306 e. The Morgan fingerprint density at radius 2 is 1.47 bits per heavy atom. The molecule has 2 heteroatoms. The van der Waals surface area contributed by atoms with Crippen LogP contribution in [0.25, 0.3) is 0 Å². The second-order valence-corrected chi connectivity index (χ2v) is 5.97. The van der Waals surface area contributed by atoms with Crippen LogP contribution in [0.2, 0.25) is 0 Å². The number of esters is 1. The minimum absolute atomic E-state index is 0.0397. The summed E-state index contributed by atoms with van der Waals surface area (Å²) in [6.07, 6.45) is 17.0. The number of hydrogen-bond acceptors (Lipinski definition) is 2. The van der Waals surface area contributed by atoms with Crippen LogP contribution in [0.15, 0.2) is 0 Å². The van der Waals surface area contributed by atoms with Crippen molar-refractivity contribution in [3.8, 4) is 0 Å². The van der Waals surface area contributed by atoms with E-state index in [4.69, 9.17) is 4.74 Å². The lowest BCUT2D eigenvalue weighted by atomic mass is 9.98. The molecule has 0 radical (unpaired) electrons. The van der Waals surface area contributed by atoms with E-state index in [0.29, 0.717) is 6.42 Å². The number of rotatable bonds is 10. The van der Waals surface area contributed by atoms with Gasteiger partial charge in [-0.2, -0.15) is 0 Å². The van der Waals surface area contributed by atoms with Crippen LogP contribution in [0.4, 0.5) is 0 Å². The lowest BCUT2D eigenvalue weighted by molar-refractivity contribution is -0.150. The third-order valence-electron chi connectivity index (χ3n) is 4.08. The highest BCUT2D eigenvalue weighted by molar-refractivity contribution is 5.69. The molecule has 0 amide bonds. The van der Waals surface area contributed by atoms with Crippen LogP contribution in [0, 0.1) is 0 Å². The van der Waals surface area contributed by atoms with Gasteiger partial charge < -0.3 is 4.74 Å². The fourth-order valence-corrected chi connectivity index (χ4v) is 2.83. The minimum Gasteiger partial charge on any atom is -0.462 e. The Labute approximate surface area is 119 Å². The predicted octanol–water partition coefficient (Wildman–Crippen LogP) is 5.39. The molecule has 0 unspecified atom stereocenters. The first-order chi connectivity index (χ1) is 9.33. The summed E-state index contributed by atoms with van der Waals surface area (Å²) < 4.78 is 5.51. The van der Waals surface area contributed by atoms with Gasteiger partial charge in [0.05, 0.1) is 0 Å². The summed E-state index contributed by atoms with van der Waals surface area (Å²) in [7, 11) is 0. The molecule has 0 aromatic carbocycles. The summed E-state index contributed by atoms with van der Waals surface area (Å²) in [5, 5.41) is 0. The Hall–Kier alpha value is -0.530. The van der Waals surface area contributed by atoms with Crippen molar-refractivity contribution in [3.05, 3.63) is 0 Å². The van der Waals surface area contributed by atoms with Gasteiger partial charge in [0.25, 0.3) is 0 Å². The molecule has 0 atom stereocenters. The van der Waals surface area contributed by atoms with Gasteiger partial charge in [-0.3, -0.25) is 4.79 Å². The Morgan fingerprint density at radius 1 is 0.895 bits per heavy atom. The highest BCUT2D eigenvalue weighted by atomic mass is 16.5. The van der Waals surface area contributed by atoms with E-state index in [-0.39, 0.29) is 12.1 Å². The molecule has 2 nitrogen and oxygen atoms in total. The van der Waals surface area contributed by atoms with E-state index in [1.165, 1.54) is 64.2 Å². The Bertz CT molecular complexity index is 219. The number of ether oxygens (including phenoxy) is 1. The second kappa shape index (κ2) is 11.3. The maximum atomic E-state index is 11.7. The zero-order chi connectivity index (χ0) is 13.8. The van der Waals surface area contributed by atoms with Crippen LogP contribution < -0.4 is 0 Å². The van der Waals surface area contributed by atoms with E-state index in [1.54, 1.807) is 0 Å². The highest BCUT2D eigenvalue weighted by Gasteiger charge is 2.17. The summed E-state index contributed by atoms with van der Waals surface area (Å²) >= 11 is 0. The number of unbranched alkanes of at least 4 members (excludes halogenated alkanes) is 7. The SMILES string of the molecule is CCCCCCCCCCC(=O)OC1CCCCC1. The maximum Gasteiger partial charge on any atom is 0.306 e. The molecule has 0 N–H and O–H groups in total. The molecule has 1 saturated carbocycles. The van der Waals surface area contributed by atoms with Gasteiger partial charge in [-0.15, -0.1) is 0 Å². The predicted molar refractivity (Wildman–Crippen MR) is 80.2 cm³/mol. The first kappa shape index (κ1) is 16.5. The number of carbonyl (C=O) groups excluding carboxylic acids is 1. The molecule has 0 aliphatic heterocycles. The minimum atomic E-state index is 0.0397. The summed E-state index contributed by atoms with van der Waals surface area (Å²) in [5.41, 5.74) is 0. The second-order valence-electron chi connectivity index (χ2n) is 5.97. The zero-order valence-electron chi connectivity index (χ0n) is 12.8. The van der Waals surface area contributed by atoms with Gasteiger partial charge in [0.2, 0.25) is 0 Å². The first-order valence-corrected chi connectivity index (χ1v) is 8.52. The normalized spacial score (nSPS) is 16.5. The van der Waals surface area contributed by atoms with E-state index in [0.717, 1.165) is 19.3 Å². The van der Waals surface area contributed by atoms with Crippen molar-refractivity contribution < 1.29 is 9.53 Å². The van der Waals surface area contributed by atoms with Crippen LogP contribution in [0.3, 0.4) is 0 Å². The van der Waals surface area contributed by atoms with Crippen LogP contribution in [0.5, 0.6) is 0 Å². The van der Waals surface area contributed by atoms with Crippen molar-refractivity contribution in [2.75, 3.05) is 0 Å². The van der Waals surface area contributed by atoms with Gasteiger partial charge in [-0.05, 0) is 32.1 Å². The maximum absolute atomic E-state index is 11.7. The molecule has 19 heavy (non-hydrogen) atoms. The summed E-state index contributed by atoms with van der Waals surface area (Å²) in [6, 6.07) is 0. The van der Waals surface area contributed by atoms with Crippen LogP contribution in [0.1, 0.15) is 96.8 Å². The van der Waals surface area contributed by atoms with Gasteiger partial charge in [0, 0.05) is 6.42 Å². The zero-order valence-corrected chi connectivity index (χ0v) is 12.8. The molecule has 1 aliphatic rings. The van der Waals surface area contributed by atoms with Crippen LogP contribution in [-0.2, 0) is 9.53 Å². The molecular weight excluding hydrogens is 236 g/mol. The molecule has 112 valence electrons. The van der Waals surface area contributed by atoms with Gasteiger partial charge >= 0.3 is 5.97 Å². The average molecular weight is 268 g/mol. The van der Waals surface area contributed by atoms with Crippen molar-refractivity contribution in [2.24, 2.45) is 0 Å². The van der Waals surface area contributed by atoms with Crippen LogP contribution >= 0.6 is 0 Å². The molecule has 1 fully saturated rings. The molecule has 1 aliphatic carbocycles. The molecule has 1 rings (SSSR count). The van der Waals surface area contributed by atoms with Crippen molar-refractivity contribution >= 4 is 5.97 Å². The number of carbonyl (C=O) groups is 1. The van der Waals surface area contributed by atoms with E-state index in [9.17, 15) is 4.79 Å². The van der Waals surface area contributed by atoms with Gasteiger partial charge in [-0.1, -0.05) is 58.3 Å². The van der Waals surface area contributed by atoms with Crippen molar-refractivity contribution in [1.82, 2.24) is 0 Å². The summed E-state index contributed by atoms with van der Waals surface area (Å²) in [5.74, 6) is 0.0397. The largest absolute Gasteiger partial charge is 0.462 e. The first-order valence-electron chi connectivity index (χ1n) is 8.52. The van der Waals surface area contributed by atoms with E-state index in [1.807, 2.05) is 0 Å². The summed E-state index contributed by atoms with van der Waals surface area (Å²) in [4.78, 5) is 11.7. The van der Waals surface area contributed by atoms with E-state index in [2.05, 4.69) is 6.92 Å². The van der Waals surface area contributed by atoms with Crippen molar-refractivity contribution in [2.45, 2.75) is 103 Å². The molecule has 0 aromatic heterocycles. The molecule has 0 aromatic rings. The van der Waals surface area contributed by atoms with Gasteiger partial charge in [0.1, 0.15) is 6.10 Å². The molecular formula is C17H32O2. The number of hydrogen-bond donors (Lipinski definition) is 0. The standard InChI is InChI=1S/C17H32O2/c1-2-3-4-5-6-7-8-12-15-17(18)19-16-13-10-9-11-14-16/h16H,2-15H2,1H3. The third-order valence-corrected chi connectivity index (χ3v) is 4.08. The third kappa shape index (κ3) is 9.07. The molecule has 0 saturated heterocycles. The van der Waals surface area contributed by atoms with E-state index < -0.39 is 0 Å². The Balaban J connectivity index is 1.87. The Kier molecular flexibility index (Phi) is 9.84. The van der Waals surface area contributed by atoms with E-state index >= 15 is 0 Å². The van der Waals surface area contributed by atoms with Crippen LogP contribution in [-0.4, -0.2) is 12.1 Å². The highest BCUT2D eigenvalue weighted by Crippen LogP contribution is 2.21. The fourth-order valence-electron chi connectivity index (χ4n) is 2.83. The van der Waals surface area contributed by atoms with Gasteiger partial charge in [0.15, 0.2) is 0 Å². The van der Waals surface area contributed by atoms with Crippen molar-refractivity contribution in [3.63, 3.8) is 0 Å². The lowest BCUT2D eigenvalue weighted by Crippen LogP contribution is -2.20. The quantitative estimate of drug-likeness (QED) is 0.392. The Morgan fingerprint density at radius 3 is 2.11 bits per heavy atom. The topological polar surface area (TPSA) is 26.3 Å². The monoisotopic (exact) mass is 268 g/mol. The van der Waals surface area contributed by atoms with Crippen molar-refractivity contribution in [1.29, 1.82) is 0 Å². The van der Waals surface area contributed by atoms with Gasteiger partial charge in [-0.25, -0.2) is 0 Å². The molecule has 0 heterocycles. The molecule has 0 bridgehead atoms. The average Bonchev–Trinajstić information content (AvgIpc) is 2.43. The summed E-state index contributed by atoms with van der Waals surface area (Å²) in [6.45, 7) is 2.25. The fraction of sp³-hybridized carbons (Fsp3) is 0.941. The molecule has 0 spiro atoms. The lowest BCUT2D eigenvalue weighted by Gasteiger charge is -2.21.